The third-order valence-electron chi connectivity index (χ3n) is 3.37. The van der Waals surface area contributed by atoms with Crippen LogP contribution in [0.3, 0.4) is 0 Å². The Morgan fingerprint density at radius 3 is 2.88 bits per heavy atom. The topological polar surface area (TPSA) is 106 Å². The summed E-state index contributed by atoms with van der Waals surface area (Å²) in [5.41, 5.74) is 0.850. The van der Waals surface area contributed by atoms with Crippen molar-refractivity contribution in [1.82, 2.24) is 40.3 Å². The van der Waals surface area contributed by atoms with Crippen molar-refractivity contribution in [2.24, 2.45) is 0 Å². The number of nitrogens with one attached hydrogen (secondary N) is 2. The van der Waals surface area contributed by atoms with Crippen LogP contribution in [0.5, 0.6) is 0 Å². The Labute approximate surface area is 142 Å². The normalized spacial score (nSPS) is 10.7. The third-order valence-corrected chi connectivity index (χ3v) is 3.68. The van der Waals surface area contributed by atoms with E-state index < -0.39 is 0 Å². The second-order valence-electron chi connectivity index (χ2n) is 4.98. The SMILES string of the molecule is CCn1c(CNC(=O)Cn2nnc(-c3ccccc3)n2)n[nH]c1=S. The summed E-state index contributed by atoms with van der Waals surface area (Å²) in [7, 11) is 0. The molecule has 1 amide bonds. The standard InChI is InChI=1S/C14H16N8OS/c1-2-21-11(16-18-14(21)24)8-15-12(23)9-22-19-13(17-20-22)10-6-4-3-5-7-10/h3-7H,2,8-9H2,1H3,(H,15,23)(H,18,24). The zero-order valence-corrected chi connectivity index (χ0v) is 13.8. The van der Waals surface area contributed by atoms with Gasteiger partial charge >= 0.3 is 0 Å². The lowest BCUT2D eigenvalue weighted by Crippen LogP contribution is -2.29. The molecule has 0 atom stereocenters. The molecule has 0 fully saturated rings. The van der Waals surface area contributed by atoms with Gasteiger partial charge in [0.1, 0.15) is 6.54 Å². The number of H-pyrrole nitrogens is 1. The van der Waals surface area contributed by atoms with E-state index in [1.165, 1.54) is 4.80 Å². The van der Waals surface area contributed by atoms with E-state index in [-0.39, 0.29) is 19.0 Å². The van der Waals surface area contributed by atoms with Gasteiger partial charge in [-0.15, -0.1) is 10.2 Å². The van der Waals surface area contributed by atoms with Gasteiger partial charge < -0.3 is 9.88 Å². The molecule has 1 aromatic carbocycles. The summed E-state index contributed by atoms with van der Waals surface area (Å²) in [5.74, 6) is 0.922. The molecular weight excluding hydrogens is 328 g/mol. The molecule has 0 bridgehead atoms. The highest BCUT2D eigenvalue weighted by molar-refractivity contribution is 7.71. The van der Waals surface area contributed by atoms with E-state index in [0.29, 0.717) is 23.0 Å². The van der Waals surface area contributed by atoms with Crippen LogP contribution >= 0.6 is 12.2 Å². The Morgan fingerprint density at radius 1 is 1.33 bits per heavy atom. The summed E-state index contributed by atoms with van der Waals surface area (Å²) in [6.07, 6.45) is 0. The molecule has 124 valence electrons. The summed E-state index contributed by atoms with van der Waals surface area (Å²) < 4.78 is 2.35. The zero-order valence-electron chi connectivity index (χ0n) is 13.0. The van der Waals surface area contributed by atoms with Crippen LogP contribution in [0.1, 0.15) is 12.7 Å². The Balaban J connectivity index is 1.59. The lowest BCUT2D eigenvalue weighted by molar-refractivity contribution is -0.122. The van der Waals surface area contributed by atoms with Crippen LogP contribution in [0.4, 0.5) is 0 Å². The predicted octanol–water partition coefficient (Wildman–Crippen LogP) is 0.930. The van der Waals surface area contributed by atoms with Crippen LogP contribution in [0.15, 0.2) is 30.3 Å². The van der Waals surface area contributed by atoms with Gasteiger partial charge in [-0.3, -0.25) is 9.89 Å². The lowest BCUT2D eigenvalue weighted by Gasteiger charge is -2.05. The van der Waals surface area contributed by atoms with Crippen LogP contribution in [0.25, 0.3) is 11.4 Å². The fourth-order valence-electron chi connectivity index (χ4n) is 2.19. The van der Waals surface area contributed by atoms with Crippen molar-refractivity contribution in [1.29, 1.82) is 0 Å². The number of aromatic nitrogens is 7. The van der Waals surface area contributed by atoms with Crippen molar-refractivity contribution in [3.63, 3.8) is 0 Å². The van der Waals surface area contributed by atoms with E-state index in [4.69, 9.17) is 12.2 Å². The van der Waals surface area contributed by atoms with Gasteiger partial charge in [0.25, 0.3) is 0 Å². The van der Waals surface area contributed by atoms with Gasteiger partial charge in [-0.1, -0.05) is 30.3 Å². The van der Waals surface area contributed by atoms with Gasteiger partial charge in [0.15, 0.2) is 10.6 Å². The molecule has 0 saturated carbocycles. The number of hydrogen-bond donors (Lipinski definition) is 2. The van der Waals surface area contributed by atoms with Crippen LogP contribution in [-0.4, -0.2) is 40.9 Å². The molecule has 0 aliphatic rings. The minimum atomic E-state index is -0.233. The number of carbonyl (C=O) groups excluding carboxylic acids is 1. The average Bonchev–Trinajstić information content (AvgIpc) is 3.20. The molecule has 24 heavy (non-hydrogen) atoms. The molecule has 2 aromatic heterocycles. The molecule has 2 heterocycles. The van der Waals surface area contributed by atoms with Crippen molar-refractivity contribution >= 4 is 18.1 Å². The number of aromatic amines is 1. The molecule has 0 radical (unpaired) electrons. The molecular formula is C14H16N8OS. The van der Waals surface area contributed by atoms with E-state index in [1.54, 1.807) is 0 Å². The molecule has 0 aliphatic heterocycles. The van der Waals surface area contributed by atoms with Crippen molar-refractivity contribution in [3.8, 4) is 11.4 Å². The van der Waals surface area contributed by atoms with E-state index >= 15 is 0 Å². The number of carbonyl (C=O) groups is 1. The Morgan fingerprint density at radius 2 is 2.12 bits per heavy atom. The number of amides is 1. The molecule has 0 aliphatic carbocycles. The highest BCUT2D eigenvalue weighted by Crippen LogP contribution is 2.11. The highest BCUT2D eigenvalue weighted by Gasteiger charge is 2.10. The molecule has 3 rings (SSSR count). The predicted molar refractivity (Wildman–Crippen MR) is 88.2 cm³/mol. The van der Waals surface area contributed by atoms with Crippen LogP contribution in [0, 0.1) is 4.77 Å². The first-order valence-electron chi connectivity index (χ1n) is 7.41. The number of hydrogen-bond acceptors (Lipinski definition) is 6. The van der Waals surface area contributed by atoms with Crippen molar-refractivity contribution in [2.75, 3.05) is 0 Å². The Hall–Kier alpha value is -2.88. The lowest BCUT2D eigenvalue weighted by atomic mass is 10.2. The van der Waals surface area contributed by atoms with Gasteiger partial charge in [0.2, 0.25) is 11.7 Å². The van der Waals surface area contributed by atoms with Gasteiger partial charge in [0, 0.05) is 12.1 Å². The second-order valence-corrected chi connectivity index (χ2v) is 5.36. The van der Waals surface area contributed by atoms with E-state index in [2.05, 4.69) is 30.9 Å². The molecule has 0 saturated heterocycles. The molecule has 2 N–H and O–H groups in total. The Bertz CT molecular complexity index is 882. The molecule has 0 unspecified atom stereocenters. The van der Waals surface area contributed by atoms with E-state index in [9.17, 15) is 4.79 Å². The number of nitrogens with zero attached hydrogens (tertiary/aromatic N) is 6. The van der Waals surface area contributed by atoms with E-state index in [1.807, 2.05) is 41.8 Å². The highest BCUT2D eigenvalue weighted by atomic mass is 32.1. The summed E-state index contributed by atoms with van der Waals surface area (Å²) in [4.78, 5) is 13.3. The maximum absolute atomic E-state index is 12.0. The smallest absolute Gasteiger partial charge is 0.244 e. The molecule has 9 nitrogen and oxygen atoms in total. The average molecular weight is 344 g/mol. The van der Waals surface area contributed by atoms with Crippen LogP contribution in [0.2, 0.25) is 0 Å². The van der Waals surface area contributed by atoms with Gasteiger partial charge in [-0.25, -0.2) is 0 Å². The number of benzene rings is 1. The van der Waals surface area contributed by atoms with Gasteiger partial charge in [-0.2, -0.15) is 9.90 Å². The van der Waals surface area contributed by atoms with E-state index in [0.717, 1.165) is 5.56 Å². The fourth-order valence-corrected chi connectivity index (χ4v) is 2.47. The summed E-state index contributed by atoms with van der Waals surface area (Å²) in [6, 6.07) is 9.46. The van der Waals surface area contributed by atoms with Crippen molar-refractivity contribution in [3.05, 3.63) is 40.9 Å². The van der Waals surface area contributed by atoms with Crippen molar-refractivity contribution in [2.45, 2.75) is 26.6 Å². The summed E-state index contributed by atoms with van der Waals surface area (Å²) in [5, 5.41) is 21.6. The summed E-state index contributed by atoms with van der Waals surface area (Å²) in [6.45, 7) is 2.91. The first kappa shape index (κ1) is 16.0. The number of tetrazole rings is 1. The van der Waals surface area contributed by atoms with Gasteiger partial charge in [-0.05, 0) is 24.4 Å². The minimum Gasteiger partial charge on any atom is -0.347 e. The monoisotopic (exact) mass is 344 g/mol. The quantitative estimate of drug-likeness (QED) is 0.644. The minimum absolute atomic E-state index is 0.0168. The van der Waals surface area contributed by atoms with Crippen LogP contribution in [-0.2, 0) is 24.4 Å². The number of rotatable bonds is 6. The maximum atomic E-state index is 12.0. The second kappa shape index (κ2) is 7.13. The maximum Gasteiger partial charge on any atom is 0.244 e. The largest absolute Gasteiger partial charge is 0.347 e. The first-order valence-corrected chi connectivity index (χ1v) is 7.82. The Kier molecular flexibility index (Phi) is 4.75. The zero-order chi connectivity index (χ0) is 16.9. The third kappa shape index (κ3) is 3.54. The molecule has 0 spiro atoms. The summed E-state index contributed by atoms with van der Waals surface area (Å²) >= 11 is 5.11. The molecule has 10 heteroatoms. The van der Waals surface area contributed by atoms with Crippen molar-refractivity contribution < 1.29 is 4.79 Å². The molecule has 3 aromatic rings. The fraction of sp³-hybridized carbons (Fsp3) is 0.286. The van der Waals surface area contributed by atoms with Gasteiger partial charge in [0.05, 0.1) is 6.54 Å². The first-order chi connectivity index (χ1) is 11.7. The van der Waals surface area contributed by atoms with Crippen LogP contribution < -0.4 is 5.32 Å².